The largest absolute Gasteiger partial charge is 0.361 e. The number of fused-ring (bicyclic) bond motifs is 3. The van der Waals surface area contributed by atoms with Crippen LogP contribution in [-0.2, 0) is 19.5 Å². The molecule has 0 bridgehead atoms. The maximum absolute atomic E-state index is 13.6. The van der Waals surface area contributed by atoms with E-state index in [4.69, 9.17) is 10.4 Å². The van der Waals surface area contributed by atoms with E-state index in [-0.39, 0.29) is 17.4 Å². The first kappa shape index (κ1) is 21.0. The van der Waals surface area contributed by atoms with E-state index in [9.17, 15) is 14.3 Å². The first-order chi connectivity index (χ1) is 15.9. The van der Waals surface area contributed by atoms with Crippen LogP contribution in [0.5, 0.6) is 0 Å². The van der Waals surface area contributed by atoms with Gasteiger partial charge < -0.3 is 15.3 Å². The van der Waals surface area contributed by atoms with Gasteiger partial charge in [0.15, 0.2) is 12.2 Å². The SMILES string of the molecule is CN1CC(c2nc[nH]n2)Cn2nc3c(c2C1=O)CN(C(O)Nc1ccc(F)c(C#N)c1)CC3. The zero-order valence-electron chi connectivity index (χ0n) is 17.9. The Balaban J connectivity index is 1.39. The minimum atomic E-state index is -1.09. The molecule has 0 aliphatic carbocycles. The minimum Gasteiger partial charge on any atom is -0.361 e. The molecule has 12 heteroatoms. The number of anilines is 1. The molecule has 3 aromatic rings. The first-order valence-corrected chi connectivity index (χ1v) is 10.5. The first-order valence-electron chi connectivity index (χ1n) is 10.5. The van der Waals surface area contributed by atoms with Crippen LogP contribution in [0.15, 0.2) is 24.5 Å². The summed E-state index contributed by atoms with van der Waals surface area (Å²) in [5, 5.41) is 34.3. The van der Waals surface area contributed by atoms with E-state index in [1.165, 1.54) is 24.5 Å². The van der Waals surface area contributed by atoms with Crippen LogP contribution in [0.4, 0.5) is 10.1 Å². The Morgan fingerprint density at radius 3 is 3.00 bits per heavy atom. The van der Waals surface area contributed by atoms with Crippen molar-refractivity contribution in [1.82, 2.24) is 34.8 Å². The molecule has 0 spiro atoms. The molecule has 0 radical (unpaired) electrons. The maximum Gasteiger partial charge on any atom is 0.272 e. The molecule has 0 fully saturated rings. The number of H-pyrrole nitrogens is 1. The molecule has 5 rings (SSSR count). The number of hydrogen-bond donors (Lipinski definition) is 3. The van der Waals surface area contributed by atoms with Gasteiger partial charge in [-0.2, -0.15) is 15.5 Å². The lowest BCUT2D eigenvalue weighted by Gasteiger charge is -2.32. The third-order valence-corrected chi connectivity index (χ3v) is 6.09. The summed E-state index contributed by atoms with van der Waals surface area (Å²) < 4.78 is 15.3. The second-order valence-electron chi connectivity index (χ2n) is 8.24. The molecule has 11 nitrogen and oxygen atoms in total. The molecule has 4 heterocycles. The van der Waals surface area contributed by atoms with Crippen LogP contribution < -0.4 is 5.32 Å². The summed E-state index contributed by atoms with van der Waals surface area (Å²) in [4.78, 5) is 20.9. The zero-order chi connectivity index (χ0) is 23.1. The van der Waals surface area contributed by atoms with E-state index in [1.54, 1.807) is 27.6 Å². The van der Waals surface area contributed by atoms with Gasteiger partial charge in [0.1, 0.15) is 23.9 Å². The van der Waals surface area contributed by atoms with Crippen molar-refractivity contribution < 1.29 is 14.3 Å². The number of amides is 1. The molecular formula is C21H22FN9O2. The molecule has 2 atom stereocenters. The van der Waals surface area contributed by atoms with Crippen LogP contribution >= 0.6 is 0 Å². The number of likely N-dealkylation sites (N-methyl/N-ethyl adjacent to an activating group) is 1. The fourth-order valence-electron chi connectivity index (χ4n) is 4.41. The molecule has 2 aliphatic rings. The number of aromatic amines is 1. The summed E-state index contributed by atoms with van der Waals surface area (Å²) in [6, 6.07) is 5.78. The van der Waals surface area contributed by atoms with Crippen molar-refractivity contribution in [2.24, 2.45) is 0 Å². The van der Waals surface area contributed by atoms with Gasteiger partial charge in [-0.15, -0.1) is 0 Å². The minimum absolute atomic E-state index is 0.0935. The van der Waals surface area contributed by atoms with E-state index in [0.29, 0.717) is 49.8 Å². The van der Waals surface area contributed by atoms with Crippen LogP contribution in [0, 0.1) is 17.1 Å². The summed E-state index contributed by atoms with van der Waals surface area (Å²) in [7, 11) is 1.75. The van der Waals surface area contributed by atoms with Crippen LogP contribution in [0.1, 0.15) is 39.1 Å². The standard InChI is InChI=1S/C21H22FN9O2/c1-29-8-13(19-24-11-25-27-19)9-31-18(20(29)32)15-10-30(5-4-17(15)28-31)21(33)26-14-2-3-16(22)12(6-14)7-23/h2-3,6,11,13,21,26,33H,4-5,8-10H2,1H3,(H,24,25,27). The summed E-state index contributed by atoms with van der Waals surface area (Å²) in [6.45, 7) is 1.77. The number of aliphatic hydroxyl groups excluding tert-OH is 1. The number of nitriles is 1. The van der Waals surface area contributed by atoms with E-state index >= 15 is 0 Å². The molecule has 0 saturated carbocycles. The van der Waals surface area contributed by atoms with Crippen LogP contribution in [0.2, 0.25) is 0 Å². The van der Waals surface area contributed by atoms with Gasteiger partial charge in [0.25, 0.3) is 5.91 Å². The zero-order valence-corrected chi connectivity index (χ0v) is 17.9. The number of nitrogens with zero attached hydrogens (tertiary/aromatic N) is 7. The highest BCUT2D eigenvalue weighted by molar-refractivity contribution is 5.94. The van der Waals surface area contributed by atoms with Crippen LogP contribution in [-0.4, -0.2) is 72.3 Å². The molecular weight excluding hydrogens is 429 g/mol. The molecule has 1 aromatic carbocycles. The van der Waals surface area contributed by atoms with Gasteiger partial charge in [-0.05, 0) is 18.2 Å². The third-order valence-electron chi connectivity index (χ3n) is 6.09. The summed E-state index contributed by atoms with van der Waals surface area (Å²) in [5.41, 5.74) is 2.44. The normalized spacial score (nSPS) is 19.4. The molecule has 33 heavy (non-hydrogen) atoms. The average molecular weight is 451 g/mol. The van der Waals surface area contributed by atoms with Crippen molar-refractivity contribution in [3.8, 4) is 6.07 Å². The smallest absolute Gasteiger partial charge is 0.272 e. The van der Waals surface area contributed by atoms with Crippen LogP contribution in [0.3, 0.4) is 0 Å². The van der Waals surface area contributed by atoms with E-state index in [2.05, 4.69) is 20.5 Å². The Morgan fingerprint density at radius 2 is 2.24 bits per heavy atom. The van der Waals surface area contributed by atoms with E-state index in [1.807, 2.05) is 0 Å². The molecule has 2 unspecified atom stereocenters. The highest BCUT2D eigenvalue weighted by atomic mass is 19.1. The average Bonchev–Trinajstić information content (AvgIpc) is 3.44. The Labute approximate surface area is 188 Å². The number of hydrogen-bond acceptors (Lipinski definition) is 8. The fraction of sp³-hybridized carbons (Fsp3) is 0.381. The van der Waals surface area contributed by atoms with Gasteiger partial charge in [-0.1, -0.05) is 0 Å². The number of carbonyl (C=O) groups is 1. The molecule has 3 N–H and O–H groups in total. The third kappa shape index (κ3) is 3.81. The number of halogens is 1. The van der Waals surface area contributed by atoms with E-state index < -0.39 is 12.2 Å². The second-order valence-corrected chi connectivity index (χ2v) is 8.24. The van der Waals surface area contributed by atoms with Gasteiger partial charge in [-0.25, -0.2) is 9.37 Å². The summed E-state index contributed by atoms with van der Waals surface area (Å²) >= 11 is 0. The molecule has 170 valence electrons. The highest BCUT2D eigenvalue weighted by Crippen LogP contribution is 2.29. The van der Waals surface area contributed by atoms with Gasteiger partial charge >= 0.3 is 0 Å². The lowest BCUT2D eigenvalue weighted by Crippen LogP contribution is -2.44. The van der Waals surface area contributed by atoms with Gasteiger partial charge in [0, 0.05) is 44.4 Å². The van der Waals surface area contributed by atoms with Crippen molar-refractivity contribution in [1.29, 1.82) is 5.26 Å². The van der Waals surface area contributed by atoms with E-state index in [0.717, 1.165) is 11.3 Å². The van der Waals surface area contributed by atoms with Crippen molar-refractivity contribution in [2.75, 3.05) is 25.5 Å². The van der Waals surface area contributed by atoms with Crippen LogP contribution in [0.25, 0.3) is 0 Å². The Morgan fingerprint density at radius 1 is 1.39 bits per heavy atom. The Hall–Kier alpha value is -3.82. The summed E-state index contributed by atoms with van der Waals surface area (Å²) in [6.07, 6.45) is 0.984. The fourth-order valence-corrected chi connectivity index (χ4v) is 4.41. The maximum atomic E-state index is 13.6. The quantitative estimate of drug-likeness (QED) is 0.491. The predicted molar refractivity (Wildman–Crippen MR) is 113 cm³/mol. The monoisotopic (exact) mass is 451 g/mol. The lowest BCUT2D eigenvalue weighted by atomic mass is 10.0. The van der Waals surface area contributed by atoms with Crippen molar-refractivity contribution in [3.63, 3.8) is 0 Å². The molecule has 2 aromatic heterocycles. The van der Waals surface area contributed by atoms with Gasteiger partial charge in [0.2, 0.25) is 0 Å². The molecule has 0 saturated heterocycles. The van der Waals surface area contributed by atoms with Crippen molar-refractivity contribution in [2.45, 2.75) is 31.8 Å². The van der Waals surface area contributed by atoms with Gasteiger partial charge in [0.05, 0.1) is 23.7 Å². The molecule has 1 amide bonds. The summed E-state index contributed by atoms with van der Waals surface area (Å²) in [5.74, 6) is -0.214. The highest BCUT2D eigenvalue weighted by Gasteiger charge is 2.36. The Kier molecular flexibility index (Phi) is 5.27. The number of carbonyl (C=O) groups excluding carboxylic acids is 1. The number of aromatic nitrogens is 5. The lowest BCUT2D eigenvalue weighted by molar-refractivity contribution is 0.0159. The Bertz CT molecular complexity index is 1230. The van der Waals surface area contributed by atoms with Crippen molar-refractivity contribution in [3.05, 3.63) is 58.7 Å². The predicted octanol–water partition coefficient (Wildman–Crippen LogP) is 0.627. The second kappa shape index (κ2) is 8.27. The van der Waals surface area contributed by atoms with Crippen molar-refractivity contribution >= 4 is 11.6 Å². The molecule has 2 aliphatic heterocycles. The topological polar surface area (TPSA) is 139 Å². The number of rotatable bonds is 4. The number of nitrogens with one attached hydrogen (secondary N) is 2. The van der Waals surface area contributed by atoms with Gasteiger partial charge in [-0.3, -0.25) is 19.5 Å². The number of aliphatic hydroxyl groups is 1. The number of benzene rings is 1.